The Morgan fingerprint density at radius 2 is 0.913 bits per heavy atom. The number of oxazole rings is 1. The molecule has 0 radical (unpaired) electrons. The summed E-state index contributed by atoms with van der Waals surface area (Å²) in [6.07, 6.45) is 19.7. The zero-order valence-corrected chi connectivity index (χ0v) is 55.7. The summed E-state index contributed by atoms with van der Waals surface area (Å²) in [4.78, 5) is 40.9. The van der Waals surface area contributed by atoms with Crippen LogP contribution in [0.2, 0.25) is 0 Å². The second-order valence-corrected chi connectivity index (χ2v) is 27.0. The quantitative estimate of drug-likeness (QED) is 0.143. The number of fused-ring (bicyclic) bond motifs is 35. The van der Waals surface area contributed by atoms with Gasteiger partial charge in [-0.1, -0.05) is 121 Å². The van der Waals surface area contributed by atoms with Gasteiger partial charge in [-0.3, -0.25) is 4.98 Å². The van der Waals surface area contributed by atoms with Crippen molar-refractivity contribution in [1.29, 1.82) is 0 Å². The molecule has 0 saturated carbocycles. The summed E-state index contributed by atoms with van der Waals surface area (Å²) in [5, 5.41) is 1.30. The van der Waals surface area contributed by atoms with Crippen molar-refractivity contribution in [3.8, 4) is 61.9 Å². The van der Waals surface area contributed by atoms with E-state index >= 15 is 0 Å². The smallest absolute Gasteiger partial charge is 0.356 e. The second-order valence-electron chi connectivity index (χ2n) is 26.0. The molecule has 0 aliphatic carbocycles. The lowest BCUT2D eigenvalue weighted by Gasteiger charge is -2.02. The van der Waals surface area contributed by atoms with Crippen molar-refractivity contribution < 1.29 is 31.4 Å². The van der Waals surface area contributed by atoms with Gasteiger partial charge in [-0.15, -0.1) is 0 Å². The number of pyridine rings is 1. The van der Waals surface area contributed by atoms with E-state index in [-0.39, 0.29) is 0 Å². The van der Waals surface area contributed by atoms with Crippen LogP contribution in [0, 0.1) is 0 Å². The van der Waals surface area contributed by atoms with Crippen molar-refractivity contribution in [2.45, 2.75) is 32.7 Å². The molecule has 0 amide bonds. The first-order valence-electron chi connectivity index (χ1n) is 35.3. The minimum Gasteiger partial charge on any atom is -0.395 e. The van der Waals surface area contributed by atoms with Gasteiger partial charge in [-0.25, -0.2) is 47.3 Å². The molecule has 0 spiro atoms. The molecule has 0 unspecified atom stereocenters. The highest BCUT2D eigenvalue weighted by molar-refractivity contribution is 7.20. The summed E-state index contributed by atoms with van der Waals surface area (Å²) < 4.78 is 56.9. The lowest BCUT2D eigenvalue weighted by Crippen LogP contribution is -2.32. The average Bonchev–Trinajstić information content (AvgIpc) is 1.57. The number of aryl methyl sites for hydroxylation is 2. The second kappa shape index (κ2) is 21.9. The average molecular weight is 1370 g/mol. The number of benzene rings is 6. The van der Waals surface area contributed by atoms with Gasteiger partial charge in [0.1, 0.15) is 25.3 Å². The molecular formula is C79H57N22OS+5. The number of nitrogens with zero attached hydrogens (tertiary/aromatic N) is 22. The Balaban J connectivity index is 0.0000000830. The molecule has 23 nitrogen and oxygen atoms in total. The molecule has 21 aromatic rings. The lowest BCUT2D eigenvalue weighted by atomic mass is 10.1. The number of imidazole rings is 8. The lowest BCUT2D eigenvalue weighted by molar-refractivity contribution is -0.670. The Hall–Kier alpha value is -13.7. The van der Waals surface area contributed by atoms with E-state index in [9.17, 15) is 0 Å². The first-order valence-corrected chi connectivity index (χ1v) is 34.6. The van der Waals surface area contributed by atoms with Crippen molar-refractivity contribution in [2.75, 3.05) is 0 Å². The van der Waals surface area contributed by atoms with Crippen LogP contribution in [-0.2, 0) is 46.7 Å². The van der Waals surface area contributed by atoms with Crippen molar-refractivity contribution >= 4 is 95.0 Å². The van der Waals surface area contributed by atoms with Gasteiger partial charge in [0.15, 0.2) is 42.0 Å². The predicted molar refractivity (Wildman–Crippen MR) is 386 cm³/mol. The van der Waals surface area contributed by atoms with Crippen LogP contribution in [0.5, 0.6) is 0 Å². The van der Waals surface area contributed by atoms with Gasteiger partial charge < -0.3 is 8.98 Å². The molecule has 0 saturated heterocycles. The minimum atomic E-state index is -2.24. The van der Waals surface area contributed by atoms with Crippen LogP contribution in [0.4, 0.5) is 0 Å². The molecule has 0 atom stereocenters. The molecule has 24 heteroatoms. The summed E-state index contributed by atoms with van der Waals surface area (Å²) in [5.41, 5.74) is 26.7. The highest BCUT2D eigenvalue weighted by atomic mass is 32.1. The van der Waals surface area contributed by atoms with Gasteiger partial charge in [0.2, 0.25) is 44.7 Å². The van der Waals surface area contributed by atoms with E-state index in [0.717, 1.165) is 128 Å². The van der Waals surface area contributed by atoms with Crippen LogP contribution in [0.1, 0.15) is 31.9 Å². The number of hydrogen-bond acceptors (Lipinski definition) is 11. The molecule has 0 bridgehead atoms. The molecule has 26 rings (SSSR count). The van der Waals surface area contributed by atoms with E-state index in [0.29, 0.717) is 16.9 Å². The first kappa shape index (κ1) is 54.2. The predicted octanol–water partition coefficient (Wildman–Crippen LogP) is 10.7. The first-order chi connectivity index (χ1) is 52.1. The maximum atomic E-state index is 7.91. The van der Waals surface area contributed by atoms with E-state index in [1.165, 1.54) is 65.7 Å². The Bertz CT molecular complexity index is 7080. The fourth-order valence-electron chi connectivity index (χ4n) is 16.0. The Morgan fingerprint density at radius 1 is 0.417 bits per heavy atom. The number of para-hydroxylation sites is 1. The minimum absolute atomic E-state index is 0.664. The molecule has 5 aliphatic rings. The van der Waals surface area contributed by atoms with Gasteiger partial charge >= 0.3 is 17.0 Å². The maximum absolute atomic E-state index is 7.91. The molecule has 15 aromatic heterocycles. The monoisotopic (exact) mass is 1360 g/mol. The van der Waals surface area contributed by atoms with Crippen LogP contribution in [0.25, 0.3) is 146 Å². The molecular weight excluding hydrogens is 1310 g/mol. The molecule has 0 fully saturated rings. The summed E-state index contributed by atoms with van der Waals surface area (Å²) in [6.45, 7) is 2.01. The largest absolute Gasteiger partial charge is 0.395 e. The number of aromatic nitrogens is 22. The highest BCUT2D eigenvalue weighted by Gasteiger charge is 2.39. The molecule has 6 aromatic carbocycles. The van der Waals surface area contributed by atoms with E-state index in [4.69, 9.17) is 18.5 Å². The van der Waals surface area contributed by atoms with Gasteiger partial charge in [-0.05, 0) is 48.5 Å². The fraction of sp³-hybridized carbons (Fsp3) is 0.0886. The molecule has 490 valence electrons. The number of rotatable bonds is 1. The fourth-order valence-corrected chi connectivity index (χ4v) is 17.2. The third kappa shape index (κ3) is 8.36. The third-order valence-corrected chi connectivity index (χ3v) is 21.5. The van der Waals surface area contributed by atoms with Gasteiger partial charge in [0.25, 0.3) is 34.3 Å². The normalized spacial score (nSPS) is 13.5. The Kier molecular flexibility index (Phi) is 11.5. The highest BCUT2D eigenvalue weighted by Crippen LogP contribution is 2.39. The van der Waals surface area contributed by atoms with Crippen molar-refractivity contribution in [2.24, 2.45) is 14.0 Å². The van der Waals surface area contributed by atoms with Crippen LogP contribution in [0.3, 0.4) is 0 Å². The SMILES string of the molecule is Cn1c2[n+](c3c1nc1ccncn13)Cc1ccccc1-2.[2H]C([2H])([2H])n1c2ccncc2n2c3[n+](cc12)Cc1ccccc1-3.c1ccc(-n2c3[n+](c4c2nc2ccncn24)Cc2ccccc2-3)cc1.c1ccc2c(c1)C[n+]1c-2oc2nc3ccncn3c21.c1ccc2c(c1)C[n+]1c-2sc2nc3ccncn3c21. The third-order valence-electron chi connectivity index (χ3n) is 20.4. The van der Waals surface area contributed by atoms with E-state index in [2.05, 4.69) is 215 Å². The van der Waals surface area contributed by atoms with E-state index in [1.54, 1.807) is 60.9 Å². The van der Waals surface area contributed by atoms with Crippen LogP contribution in [-0.4, -0.2) is 80.6 Å². The number of thiazole rings is 1. The van der Waals surface area contributed by atoms with Gasteiger partial charge in [-0.2, -0.15) is 46.5 Å². The molecule has 0 N–H and O–H groups in total. The van der Waals surface area contributed by atoms with E-state index in [1.807, 2.05) is 82.5 Å². The van der Waals surface area contributed by atoms with Crippen molar-refractivity contribution in [3.63, 3.8) is 0 Å². The molecule has 5 aliphatic heterocycles. The zero-order chi connectivity index (χ0) is 70.2. The Morgan fingerprint density at radius 3 is 1.58 bits per heavy atom. The molecule has 103 heavy (non-hydrogen) atoms. The maximum Gasteiger partial charge on any atom is 0.356 e. The van der Waals surface area contributed by atoms with E-state index < -0.39 is 6.98 Å². The van der Waals surface area contributed by atoms with Crippen LogP contribution >= 0.6 is 11.3 Å². The van der Waals surface area contributed by atoms with Gasteiger partial charge in [0, 0.05) is 99.7 Å². The Labute approximate surface area is 591 Å². The summed E-state index contributed by atoms with van der Waals surface area (Å²) >= 11 is 1.76. The number of hydrogen-bond donors (Lipinski definition) is 0. The topological polar surface area (TPSA) is 185 Å². The summed E-state index contributed by atoms with van der Waals surface area (Å²) in [7, 11) is 2.08. The zero-order valence-electron chi connectivity index (χ0n) is 57.9. The van der Waals surface area contributed by atoms with Crippen LogP contribution < -0.4 is 22.8 Å². The summed E-state index contributed by atoms with van der Waals surface area (Å²) in [5.74, 6) is 4.29. The van der Waals surface area contributed by atoms with Crippen molar-refractivity contribution in [1.82, 2.24) is 80.6 Å². The van der Waals surface area contributed by atoms with Gasteiger partial charge in [0.05, 0.1) is 54.1 Å². The standard InChI is InChI=1S/C20H14N5.C16H13N4.C15H12N5.C14H9N4O.C14H9N4S/c1-2-7-15(8-3-1)25-18-20(24-13-21-11-10-17(24)22-18)23-12-14-6-4-5-9-16(14)19(23)25;1-18-13-6-7-17-8-14(13)20-15(18)10-19-9-11-4-2-3-5-12(11)16(19)20;1-18-13-15(20-9-16-7-6-12(20)17-13)19-8-10-4-2-3-5-11(10)14(18)19;2*1-2-4-10-9(3-1)7-17-13-12(19-14(10)17)16-11-5-6-15-8-18(11)13/h1-11,13H,12H2;2-8,10H,9H2,1H3;2-7,9H,8H2,1H3;2*1-6,8H,7H2/q5*+1/i;1D3;;;. The summed E-state index contributed by atoms with van der Waals surface area (Å²) in [6, 6.07) is 62.2. The van der Waals surface area contributed by atoms with Crippen LogP contribution in [0.15, 0.2) is 255 Å². The molecule has 20 heterocycles. The van der Waals surface area contributed by atoms with Crippen molar-refractivity contribution in [3.05, 3.63) is 278 Å².